The Morgan fingerprint density at radius 2 is 2.32 bits per heavy atom. The highest BCUT2D eigenvalue weighted by atomic mass is 16.5. The number of pyridine rings is 1. The highest BCUT2D eigenvalue weighted by Crippen LogP contribution is 2.29. The van der Waals surface area contributed by atoms with Crippen LogP contribution < -0.4 is 10.6 Å². The Labute approximate surface area is 114 Å². The van der Waals surface area contributed by atoms with Gasteiger partial charge in [-0.3, -0.25) is 0 Å². The third kappa shape index (κ3) is 3.66. The van der Waals surface area contributed by atoms with Crippen molar-refractivity contribution in [1.29, 1.82) is 5.26 Å². The maximum Gasteiger partial charge on any atom is 0.127 e. The lowest BCUT2D eigenvalue weighted by atomic mass is 9.79. The molecule has 5 nitrogen and oxygen atoms in total. The number of nitrogens with zero attached hydrogens (tertiary/aromatic N) is 2. The number of rotatable bonds is 5. The monoisotopic (exact) mass is 260 g/mol. The summed E-state index contributed by atoms with van der Waals surface area (Å²) in [5.41, 5.74) is 0.785. The van der Waals surface area contributed by atoms with Gasteiger partial charge in [0.1, 0.15) is 5.82 Å². The van der Waals surface area contributed by atoms with Gasteiger partial charge in [0.15, 0.2) is 0 Å². The van der Waals surface area contributed by atoms with Gasteiger partial charge >= 0.3 is 0 Å². The molecule has 0 unspecified atom stereocenters. The van der Waals surface area contributed by atoms with E-state index in [-0.39, 0.29) is 5.41 Å². The zero-order valence-electron chi connectivity index (χ0n) is 11.3. The fourth-order valence-electron chi connectivity index (χ4n) is 2.51. The maximum atomic E-state index is 8.88. The first-order chi connectivity index (χ1) is 9.28. The molecule has 2 rings (SSSR count). The van der Waals surface area contributed by atoms with Gasteiger partial charge in [0, 0.05) is 25.3 Å². The molecule has 0 atom stereocenters. The summed E-state index contributed by atoms with van der Waals surface area (Å²) in [5, 5.41) is 15.6. The minimum absolute atomic E-state index is 0.157. The lowest BCUT2D eigenvalue weighted by Crippen LogP contribution is -2.44. The molecule has 1 saturated heterocycles. The third-order valence-electron chi connectivity index (χ3n) is 3.65. The Bertz CT molecular complexity index is 443. The molecule has 1 aromatic rings. The van der Waals surface area contributed by atoms with Crippen molar-refractivity contribution in [2.24, 2.45) is 5.41 Å². The summed E-state index contributed by atoms with van der Waals surface area (Å²) in [4.78, 5) is 4.24. The molecule has 102 valence electrons. The second kappa shape index (κ2) is 6.50. The molecular weight excluding hydrogens is 240 g/mol. The first kappa shape index (κ1) is 13.8. The van der Waals surface area contributed by atoms with Crippen LogP contribution in [0.2, 0.25) is 0 Å². The fraction of sp³-hybridized carbons (Fsp3) is 0.571. The summed E-state index contributed by atoms with van der Waals surface area (Å²) in [6, 6.07) is 5.61. The van der Waals surface area contributed by atoms with Gasteiger partial charge in [-0.15, -0.1) is 0 Å². The van der Waals surface area contributed by atoms with Crippen molar-refractivity contribution in [2.75, 3.05) is 38.7 Å². The molecule has 0 spiro atoms. The number of anilines is 1. The topological polar surface area (TPSA) is 70.0 Å². The molecule has 19 heavy (non-hydrogen) atoms. The molecule has 1 aliphatic heterocycles. The van der Waals surface area contributed by atoms with Gasteiger partial charge in [-0.1, -0.05) is 0 Å². The molecule has 1 aliphatic rings. The van der Waals surface area contributed by atoms with Gasteiger partial charge in [0.05, 0.1) is 18.2 Å². The van der Waals surface area contributed by atoms with Gasteiger partial charge in [-0.05, 0) is 38.1 Å². The van der Waals surface area contributed by atoms with E-state index < -0.39 is 0 Å². The van der Waals surface area contributed by atoms with Crippen LogP contribution in [0.25, 0.3) is 0 Å². The van der Waals surface area contributed by atoms with E-state index in [0.29, 0.717) is 5.56 Å². The molecular formula is C14H20N4O. The van der Waals surface area contributed by atoms with Gasteiger partial charge in [-0.25, -0.2) is 4.98 Å². The van der Waals surface area contributed by atoms with E-state index in [9.17, 15) is 0 Å². The Balaban J connectivity index is 2.00. The van der Waals surface area contributed by atoms with E-state index in [1.807, 2.05) is 0 Å². The van der Waals surface area contributed by atoms with Crippen LogP contribution in [0.4, 0.5) is 5.82 Å². The van der Waals surface area contributed by atoms with Crippen LogP contribution in [-0.4, -0.2) is 38.3 Å². The second-order valence-electron chi connectivity index (χ2n) is 5.08. The Morgan fingerprint density at radius 3 is 3.00 bits per heavy atom. The van der Waals surface area contributed by atoms with Crippen LogP contribution in [-0.2, 0) is 4.74 Å². The normalized spacial score (nSPS) is 17.7. The number of nitrogens with one attached hydrogen (secondary N) is 2. The number of aromatic nitrogens is 1. The van der Waals surface area contributed by atoms with Crippen LogP contribution in [0.5, 0.6) is 0 Å². The van der Waals surface area contributed by atoms with Gasteiger partial charge in [-0.2, -0.15) is 5.26 Å². The van der Waals surface area contributed by atoms with Crippen molar-refractivity contribution in [3.8, 4) is 6.07 Å². The van der Waals surface area contributed by atoms with Gasteiger partial charge in [0.2, 0.25) is 0 Å². The molecule has 1 aromatic heterocycles. The predicted octanol–water partition coefficient (Wildman–Crippen LogP) is 1.38. The number of ether oxygens (including phenoxy) is 1. The first-order valence-electron chi connectivity index (χ1n) is 6.58. The highest BCUT2D eigenvalue weighted by molar-refractivity contribution is 5.42. The SMILES string of the molecule is COCC1(CNc2cc(C#N)ccn2)CCNCC1. The van der Waals surface area contributed by atoms with E-state index in [1.54, 1.807) is 25.4 Å². The highest BCUT2D eigenvalue weighted by Gasteiger charge is 2.31. The van der Waals surface area contributed by atoms with Crippen LogP contribution in [0, 0.1) is 16.7 Å². The summed E-state index contributed by atoms with van der Waals surface area (Å²) in [7, 11) is 1.75. The minimum atomic E-state index is 0.157. The molecule has 0 saturated carbocycles. The van der Waals surface area contributed by atoms with Gasteiger partial charge < -0.3 is 15.4 Å². The van der Waals surface area contributed by atoms with Crippen molar-refractivity contribution in [3.63, 3.8) is 0 Å². The quantitative estimate of drug-likeness (QED) is 0.837. The molecule has 0 radical (unpaired) electrons. The summed E-state index contributed by atoms with van der Waals surface area (Å²) in [5.74, 6) is 0.757. The predicted molar refractivity (Wildman–Crippen MR) is 73.9 cm³/mol. The van der Waals surface area contributed by atoms with Crippen LogP contribution in [0.15, 0.2) is 18.3 Å². The maximum absolute atomic E-state index is 8.88. The number of methoxy groups -OCH3 is 1. The average molecular weight is 260 g/mol. The van der Waals surface area contributed by atoms with Crippen LogP contribution >= 0.6 is 0 Å². The van der Waals surface area contributed by atoms with E-state index in [1.165, 1.54) is 0 Å². The van der Waals surface area contributed by atoms with Crippen molar-refractivity contribution in [2.45, 2.75) is 12.8 Å². The van der Waals surface area contributed by atoms with Crippen molar-refractivity contribution in [3.05, 3.63) is 23.9 Å². The molecule has 5 heteroatoms. The van der Waals surface area contributed by atoms with Gasteiger partial charge in [0.25, 0.3) is 0 Å². The molecule has 0 aliphatic carbocycles. The summed E-state index contributed by atoms with van der Waals surface area (Å²) < 4.78 is 5.38. The summed E-state index contributed by atoms with van der Waals surface area (Å²) in [6.07, 6.45) is 3.84. The Hall–Kier alpha value is -1.64. The van der Waals surface area contributed by atoms with Crippen molar-refractivity contribution < 1.29 is 4.74 Å². The largest absolute Gasteiger partial charge is 0.384 e. The minimum Gasteiger partial charge on any atom is -0.384 e. The van der Waals surface area contributed by atoms with E-state index >= 15 is 0 Å². The number of nitriles is 1. The number of hydrogen-bond donors (Lipinski definition) is 2. The standard InChI is InChI=1S/C14H20N4O/c1-19-11-14(3-6-16-7-4-14)10-18-13-8-12(9-15)2-5-17-13/h2,5,8,16H,3-4,6-7,10-11H2,1H3,(H,17,18). The fourth-order valence-corrected chi connectivity index (χ4v) is 2.51. The zero-order valence-corrected chi connectivity index (χ0v) is 11.3. The Kier molecular flexibility index (Phi) is 4.72. The van der Waals surface area contributed by atoms with Crippen LogP contribution in [0.3, 0.4) is 0 Å². The lowest BCUT2D eigenvalue weighted by molar-refractivity contribution is 0.0635. The summed E-state index contributed by atoms with van der Waals surface area (Å²) in [6.45, 7) is 3.62. The zero-order chi connectivity index (χ0) is 13.6. The number of piperidine rings is 1. The second-order valence-corrected chi connectivity index (χ2v) is 5.08. The first-order valence-corrected chi connectivity index (χ1v) is 6.58. The van der Waals surface area contributed by atoms with Crippen molar-refractivity contribution >= 4 is 5.82 Å². The lowest BCUT2D eigenvalue weighted by Gasteiger charge is -2.37. The molecule has 0 bridgehead atoms. The third-order valence-corrected chi connectivity index (χ3v) is 3.65. The molecule has 0 amide bonds. The molecule has 1 fully saturated rings. The molecule has 2 heterocycles. The number of hydrogen-bond acceptors (Lipinski definition) is 5. The molecule has 2 N–H and O–H groups in total. The van der Waals surface area contributed by atoms with E-state index in [2.05, 4.69) is 21.7 Å². The van der Waals surface area contributed by atoms with E-state index in [4.69, 9.17) is 10.00 Å². The summed E-state index contributed by atoms with van der Waals surface area (Å²) >= 11 is 0. The Morgan fingerprint density at radius 1 is 1.53 bits per heavy atom. The molecule has 0 aromatic carbocycles. The van der Waals surface area contributed by atoms with Crippen molar-refractivity contribution in [1.82, 2.24) is 10.3 Å². The van der Waals surface area contributed by atoms with E-state index in [0.717, 1.165) is 44.9 Å². The van der Waals surface area contributed by atoms with Crippen LogP contribution in [0.1, 0.15) is 18.4 Å². The smallest absolute Gasteiger partial charge is 0.127 e. The average Bonchev–Trinajstić information content (AvgIpc) is 2.47.